The van der Waals surface area contributed by atoms with Crippen molar-refractivity contribution in [3.05, 3.63) is 65.3 Å². The topological polar surface area (TPSA) is 71.4 Å². The normalized spacial score (nSPS) is 10.7. The van der Waals surface area contributed by atoms with E-state index in [9.17, 15) is 14.4 Å². The van der Waals surface area contributed by atoms with Crippen LogP contribution >= 0.6 is 11.6 Å². The van der Waals surface area contributed by atoms with Gasteiger partial charge in [-0.2, -0.15) is 0 Å². The Morgan fingerprint density at radius 1 is 1.00 bits per heavy atom. The van der Waals surface area contributed by atoms with Crippen molar-refractivity contribution in [3.63, 3.8) is 0 Å². The maximum Gasteiger partial charge on any atom is 0.296 e. The minimum absolute atomic E-state index is 0.0460. The van der Waals surface area contributed by atoms with Crippen LogP contribution in [-0.4, -0.2) is 40.2 Å². The van der Waals surface area contributed by atoms with E-state index in [1.807, 2.05) is 26.0 Å². The van der Waals surface area contributed by atoms with E-state index in [4.69, 9.17) is 11.6 Å². The van der Waals surface area contributed by atoms with Crippen LogP contribution in [-0.2, 0) is 16.1 Å². The Bertz CT molecular complexity index is 1070. The van der Waals surface area contributed by atoms with Crippen LogP contribution in [0.2, 0.25) is 5.02 Å². The number of benzene rings is 2. The first-order chi connectivity index (χ1) is 14.0. The first-order valence-corrected chi connectivity index (χ1v) is 9.79. The van der Waals surface area contributed by atoms with Crippen molar-refractivity contribution in [2.75, 3.05) is 18.4 Å². The van der Waals surface area contributed by atoms with Crippen molar-refractivity contribution in [1.82, 2.24) is 9.47 Å². The zero-order valence-corrected chi connectivity index (χ0v) is 17.1. The maximum atomic E-state index is 12.9. The number of anilines is 1. The summed E-state index contributed by atoms with van der Waals surface area (Å²) in [6.45, 7) is 5.16. The predicted molar refractivity (Wildman–Crippen MR) is 114 cm³/mol. The number of ketones is 1. The molecule has 3 aromatic rings. The van der Waals surface area contributed by atoms with Crippen molar-refractivity contribution < 1.29 is 14.4 Å². The third-order valence-electron chi connectivity index (χ3n) is 4.78. The zero-order chi connectivity index (χ0) is 21.0. The van der Waals surface area contributed by atoms with Gasteiger partial charge in [0.15, 0.2) is 0 Å². The average molecular weight is 412 g/mol. The fraction of sp³-hybridized carbons (Fsp3) is 0.227. The van der Waals surface area contributed by atoms with E-state index in [0.717, 1.165) is 5.52 Å². The van der Waals surface area contributed by atoms with Gasteiger partial charge in [0.1, 0.15) is 6.54 Å². The lowest BCUT2D eigenvalue weighted by Crippen LogP contribution is -2.33. The third kappa shape index (κ3) is 4.32. The number of carbonyl (C=O) groups is 3. The number of aromatic nitrogens is 1. The molecule has 2 aromatic carbocycles. The number of likely N-dealkylation sites (N-methyl/N-ethyl adjacent to an activating group) is 1. The van der Waals surface area contributed by atoms with E-state index in [1.54, 1.807) is 52.1 Å². The Morgan fingerprint density at radius 3 is 2.34 bits per heavy atom. The predicted octanol–water partition coefficient (Wildman–Crippen LogP) is 3.98. The van der Waals surface area contributed by atoms with E-state index in [1.165, 1.54) is 0 Å². The van der Waals surface area contributed by atoms with Gasteiger partial charge < -0.3 is 14.8 Å². The van der Waals surface area contributed by atoms with E-state index in [0.29, 0.717) is 29.2 Å². The van der Waals surface area contributed by atoms with Gasteiger partial charge in [-0.1, -0.05) is 41.9 Å². The number of hydrogen-bond donors (Lipinski definition) is 1. The van der Waals surface area contributed by atoms with E-state index >= 15 is 0 Å². The molecule has 0 radical (unpaired) electrons. The molecule has 6 nitrogen and oxygen atoms in total. The number of nitrogens with zero attached hydrogens (tertiary/aromatic N) is 2. The number of amides is 2. The molecular weight excluding hydrogens is 390 g/mol. The lowest BCUT2D eigenvalue weighted by molar-refractivity contribution is -0.131. The van der Waals surface area contributed by atoms with Gasteiger partial charge in [-0.3, -0.25) is 14.4 Å². The number of nitrogens with one attached hydrogen (secondary N) is 1. The Labute approximate surface area is 174 Å². The fourth-order valence-electron chi connectivity index (χ4n) is 3.24. The molecule has 0 unspecified atom stereocenters. The molecule has 0 fully saturated rings. The highest BCUT2D eigenvalue weighted by Crippen LogP contribution is 2.24. The van der Waals surface area contributed by atoms with E-state index in [2.05, 4.69) is 5.32 Å². The molecule has 0 aliphatic heterocycles. The van der Waals surface area contributed by atoms with Gasteiger partial charge in [0.25, 0.3) is 11.7 Å². The maximum absolute atomic E-state index is 12.9. The second-order valence-electron chi connectivity index (χ2n) is 6.52. The summed E-state index contributed by atoms with van der Waals surface area (Å²) in [5, 5.41) is 3.53. The van der Waals surface area contributed by atoms with Gasteiger partial charge >= 0.3 is 0 Å². The molecule has 1 aromatic heterocycles. The summed E-state index contributed by atoms with van der Waals surface area (Å²) in [6, 6.07) is 13.9. The molecule has 1 heterocycles. The number of fused-ring (bicyclic) bond motifs is 1. The number of Topliss-reactive ketones (excluding diaryl/α,β-unsaturated/α-hetero) is 1. The van der Waals surface area contributed by atoms with Crippen LogP contribution in [0.15, 0.2) is 54.7 Å². The number of rotatable bonds is 7. The molecule has 0 saturated carbocycles. The molecule has 1 N–H and O–H groups in total. The lowest BCUT2D eigenvalue weighted by Gasteiger charge is -2.19. The Morgan fingerprint density at radius 2 is 1.66 bits per heavy atom. The van der Waals surface area contributed by atoms with Crippen LogP contribution in [0.4, 0.5) is 5.69 Å². The van der Waals surface area contributed by atoms with Gasteiger partial charge in [0.2, 0.25) is 5.91 Å². The van der Waals surface area contributed by atoms with E-state index < -0.39 is 11.7 Å². The number of hydrogen-bond acceptors (Lipinski definition) is 3. The van der Waals surface area contributed by atoms with Gasteiger partial charge in [0.05, 0.1) is 16.3 Å². The second kappa shape index (κ2) is 8.92. The van der Waals surface area contributed by atoms with Crippen molar-refractivity contribution in [2.24, 2.45) is 0 Å². The lowest BCUT2D eigenvalue weighted by atomic mass is 10.1. The minimum Gasteiger partial charge on any atom is -0.342 e. The number of para-hydroxylation sites is 2. The summed E-state index contributed by atoms with van der Waals surface area (Å²) in [4.78, 5) is 39.7. The Balaban J connectivity index is 1.91. The summed E-state index contributed by atoms with van der Waals surface area (Å²) in [6.07, 6.45) is 1.57. The molecule has 150 valence electrons. The Hall–Kier alpha value is -3.12. The largest absolute Gasteiger partial charge is 0.342 e. The summed E-state index contributed by atoms with van der Waals surface area (Å²) in [7, 11) is 0. The fourth-order valence-corrected chi connectivity index (χ4v) is 3.43. The highest BCUT2D eigenvalue weighted by Gasteiger charge is 2.23. The third-order valence-corrected chi connectivity index (χ3v) is 5.11. The quantitative estimate of drug-likeness (QED) is 0.472. The van der Waals surface area contributed by atoms with Crippen LogP contribution in [0, 0.1) is 0 Å². The number of halogens is 1. The highest BCUT2D eigenvalue weighted by atomic mass is 35.5. The molecule has 0 spiro atoms. The monoisotopic (exact) mass is 411 g/mol. The molecule has 29 heavy (non-hydrogen) atoms. The molecule has 0 aliphatic rings. The standard InChI is InChI=1S/C22H22ClN3O3/c1-3-25(4-2)20(27)14-26-13-16(15-9-5-8-12-19(15)26)21(28)22(29)24-18-11-7-6-10-17(18)23/h5-13H,3-4,14H2,1-2H3,(H,24,29). The molecule has 3 rings (SSSR count). The van der Waals surface area contributed by atoms with Gasteiger partial charge in [-0.25, -0.2) is 0 Å². The SMILES string of the molecule is CCN(CC)C(=O)Cn1cc(C(=O)C(=O)Nc2ccccc2Cl)c2ccccc21. The summed E-state index contributed by atoms with van der Waals surface area (Å²) in [5.74, 6) is -1.51. The van der Waals surface area contributed by atoms with Crippen LogP contribution in [0.1, 0.15) is 24.2 Å². The van der Waals surface area contributed by atoms with Crippen LogP contribution < -0.4 is 5.32 Å². The van der Waals surface area contributed by atoms with Crippen molar-refractivity contribution >= 4 is 45.8 Å². The van der Waals surface area contributed by atoms with Crippen molar-refractivity contribution in [2.45, 2.75) is 20.4 Å². The zero-order valence-electron chi connectivity index (χ0n) is 16.3. The van der Waals surface area contributed by atoms with Crippen molar-refractivity contribution in [3.8, 4) is 0 Å². The smallest absolute Gasteiger partial charge is 0.296 e. The highest BCUT2D eigenvalue weighted by molar-refractivity contribution is 6.49. The molecular formula is C22H22ClN3O3. The van der Waals surface area contributed by atoms with Gasteiger partial charge in [-0.05, 0) is 32.0 Å². The first kappa shape index (κ1) is 20.6. The summed E-state index contributed by atoms with van der Waals surface area (Å²) < 4.78 is 1.71. The van der Waals surface area contributed by atoms with Crippen LogP contribution in [0.5, 0.6) is 0 Å². The minimum atomic E-state index is -0.781. The molecule has 7 heteroatoms. The van der Waals surface area contributed by atoms with E-state index in [-0.39, 0.29) is 18.0 Å². The molecule has 0 saturated heterocycles. The molecule has 0 bridgehead atoms. The van der Waals surface area contributed by atoms with Gasteiger partial charge in [0, 0.05) is 30.2 Å². The number of carbonyl (C=O) groups excluding carboxylic acids is 3. The molecule has 0 atom stereocenters. The van der Waals surface area contributed by atoms with Gasteiger partial charge in [-0.15, -0.1) is 0 Å². The molecule has 2 amide bonds. The Kier molecular flexibility index (Phi) is 6.34. The second-order valence-corrected chi connectivity index (χ2v) is 6.92. The van der Waals surface area contributed by atoms with Crippen LogP contribution in [0.25, 0.3) is 10.9 Å². The summed E-state index contributed by atoms with van der Waals surface area (Å²) in [5.41, 5.74) is 1.34. The summed E-state index contributed by atoms with van der Waals surface area (Å²) >= 11 is 6.06. The first-order valence-electron chi connectivity index (χ1n) is 9.42. The van der Waals surface area contributed by atoms with Crippen molar-refractivity contribution in [1.29, 1.82) is 0 Å². The molecule has 0 aliphatic carbocycles. The average Bonchev–Trinajstić information content (AvgIpc) is 3.08. The van der Waals surface area contributed by atoms with Crippen LogP contribution in [0.3, 0.4) is 0 Å².